The van der Waals surface area contributed by atoms with Crippen LogP contribution in [0.3, 0.4) is 0 Å². The van der Waals surface area contributed by atoms with Gasteiger partial charge in [-0.15, -0.1) is 0 Å². The van der Waals surface area contributed by atoms with Crippen molar-refractivity contribution in [3.63, 3.8) is 0 Å². The number of amides is 1. The first-order chi connectivity index (χ1) is 7.04. The molecular weight excluding hydrogens is 263 g/mol. The highest BCUT2D eigenvalue weighted by atomic mass is 79.9. The van der Waals surface area contributed by atoms with Gasteiger partial charge in [-0.3, -0.25) is 4.79 Å². The summed E-state index contributed by atoms with van der Waals surface area (Å²) in [5.74, 6) is -0.776. The summed E-state index contributed by atoms with van der Waals surface area (Å²) >= 11 is 3.02. The average molecular weight is 275 g/mol. The summed E-state index contributed by atoms with van der Waals surface area (Å²) in [6, 6.07) is 4.11. The van der Waals surface area contributed by atoms with E-state index in [0.717, 1.165) is 0 Å². The van der Waals surface area contributed by atoms with E-state index < -0.39 is 5.82 Å². The number of carbonyl (C=O) groups excluding carboxylic acids is 1. The Kier molecular flexibility index (Phi) is 4.23. The Morgan fingerprint density at radius 3 is 2.87 bits per heavy atom. The van der Waals surface area contributed by atoms with Crippen molar-refractivity contribution in [2.75, 3.05) is 6.54 Å². The fourth-order valence-corrected chi connectivity index (χ4v) is 1.25. The molecule has 0 aliphatic heterocycles. The highest BCUT2D eigenvalue weighted by molar-refractivity contribution is 9.10. The lowest BCUT2D eigenvalue weighted by atomic mass is 10.2. The molecule has 0 bridgehead atoms. The topological polar surface area (TPSA) is 55.1 Å². The molecule has 0 spiro atoms. The van der Waals surface area contributed by atoms with Crippen molar-refractivity contribution in [3.8, 4) is 0 Å². The molecule has 1 amide bonds. The van der Waals surface area contributed by atoms with Gasteiger partial charge in [-0.2, -0.15) is 0 Å². The Morgan fingerprint density at radius 2 is 2.33 bits per heavy atom. The van der Waals surface area contributed by atoms with Crippen molar-refractivity contribution in [2.24, 2.45) is 5.73 Å². The van der Waals surface area contributed by atoms with Crippen LogP contribution in [0.5, 0.6) is 0 Å². The Hall–Kier alpha value is -0.940. The normalized spacial score (nSPS) is 12.3. The number of rotatable bonds is 3. The van der Waals surface area contributed by atoms with Gasteiger partial charge in [0, 0.05) is 18.2 Å². The van der Waals surface area contributed by atoms with Gasteiger partial charge in [-0.1, -0.05) is 0 Å². The number of nitrogens with one attached hydrogen (secondary N) is 1. The third-order valence-corrected chi connectivity index (χ3v) is 2.56. The molecule has 0 heterocycles. The summed E-state index contributed by atoms with van der Waals surface area (Å²) in [5, 5.41) is 2.65. The van der Waals surface area contributed by atoms with Crippen molar-refractivity contribution < 1.29 is 9.18 Å². The molecule has 0 saturated carbocycles. The molecular formula is C10H12BrFN2O. The third kappa shape index (κ3) is 3.28. The van der Waals surface area contributed by atoms with Gasteiger partial charge in [0.2, 0.25) is 0 Å². The van der Waals surface area contributed by atoms with E-state index in [1.165, 1.54) is 12.1 Å². The summed E-state index contributed by atoms with van der Waals surface area (Å²) in [4.78, 5) is 11.5. The molecule has 0 radical (unpaired) electrons. The van der Waals surface area contributed by atoms with E-state index in [2.05, 4.69) is 21.2 Å². The molecule has 0 saturated heterocycles. The van der Waals surface area contributed by atoms with E-state index in [9.17, 15) is 9.18 Å². The van der Waals surface area contributed by atoms with Crippen LogP contribution in [0.15, 0.2) is 22.7 Å². The van der Waals surface area contributed by atoms with Crippen molar-refractivity contribution in [1.82, 2.24) is 5.32 Å². The lowest BCUT2D eigenvalue weighted by Gasteiger charge is -2.11. The SMILES string of the molecule is C[C@H](CN)NC(=O)c1ccc(Br)c(F)c1. The van der Waals surface area contributed by atoms with Gasteiger partial charge >= 0.3 is 0 Å². The van der Waals surface area contributed by atoms with Gasteiger partial charge in [-0.05, 0) is 41.1 Å². The van der Waals surface area contributed by atoms with Gasteiger partial charge in [-0.25, -0.2) is 4.39 Å². The molecule has 1 atom stereocenters. The predicted octanol–water partition coefficient (Wildman–Crippen LogP) is 1.67. The molecule has 0 aromatic heterocycles. The minimum Gasteiger partial charge on any atom is -0.348 e. The molecule has 3 nitrogen and oxygen atoms in total. The zero-order valence-corrected chi connectivity index (χ0v) is 9.84. The molecule has 0 aliphatic carbocycles. The maximum absolute atomic E-state index is 13.1. The van der Waals surface area contributed by atoms with Crippen LogP contribution in [-0.2, 0) is 0 Å². The smallest absolute Gasteiger partial charge is 0.251 e. The van der Waals surface area contributed by atoms with E-state index in [1.54, 1.807) is 13.0 Å². The van der Waals surface area contributed by atoms with E-state index in [4.69, 9.17) is 5.73 Å². The van der Waals surface area contributed by atoms with Gasteiger partial charge in [0.15, 0.2) is 0 Å². The highest BCUT2D eigenvalue weighted by Gasteiger charge is 2.10. The largest absolute Gasteiger partial charge is 0.348 e. The molecule has 1 aromatic carbocycles. The molecule has 3 N–H and O–H groups in total. The summed E-state index contributed by atoms with van der Waals surface area (Å²) in [5.41, 5.74) is 5.64. The monoisotopic (exact) mass is 274 g/mol. The summed E-state index contributed by atoms with van der Waals surface area (Å²) in [6.07, 6.45) is 0. The second kappa shape index (κ2) is 5.23. The second-order valence-corrected chi connectivity index (χ2v) is 4.09. The first kappa shape index (κ1) is 12.1. The number of halogens is 2. The lowest BCUT2D eigenvalue weighted by Crippen LogP contribution is -2.37. The minimum atomic E-state index is -0.456. The average Bonchev–Trinajstić information content (AvgIpc) is 2.21. The molecule has 82 valence electrons. The Bertz CT molecular complexity index is 370. The molecule has 1 rings (SSSR count). The third-order valence-electron chi connectivity index (χ3n) is 1.91. The maximum Gasteiger partial charge on any atom is 0.251 e. The Labute approximate surface area is 96.0 Å². The van der Waals surface area contributed by atoms with Crippen molar-refractivity contribution in [2.45, 2.75) is 13.0 Å². The van der Waals surface area contributed by atoms with Gasteiger partial charge in [0.25, 0.3) is 5.91 Å². The Balaban J connectivity index is 2.78. The number of hydrogen-bond acceptors (Lipinski definition) is 2. The molecule has 1 aromatic rings. The fourth-order valence-electron chi connectivity index (χ4n) is 1.00. The zero-order chi connectivity index (χ0) is 11.4. The highest BCUT2D eigenvalue weighted by Crippen LogP contribution is 2.16. The quantitative estimate of drug-likeness (QED) is 0.881. The van der Waals surface area contributed by atoms with Crippen molar-refractivity contribution >= 4 is 21.8 Å². The zero-order valence-electron chi connectivity index (χ0n) is 8.26. The van der Waals surface area contributed by atoms with Crippen LogP contribution in [0.25, 0.3) is 0 Å². The van der Waals surface area contributed by atoms with Gasteiger partial charge in [0.05, 0.1) is 4.47 Å². The molecule has 0 aliphatic rings. The van der Waals surface area contributed by atoms with Crippen molar-refractivity contribution in [3.05, 3.63) is 34.1 Å². The first-order valence-electron chi connectivity index (χ1n) is 4.50. The standard InChI is InChI=1S/C10H12BrFN2O/c1-6(5-13)14-10(15)7-2-3-8(11)9(12)4-7/h2-4,6H,5,13H2,1H3,(H,14,15)/t6-/m1/s1. The summed E-state index contributed by atoms with van der Waals surface area (Å²) in [7, 11) is 0. The number of benzene rings is 1. The fraction of sp³-hybridized carbons (Fsp3) is 0.300. The molecule has 5 heteroatoms. The van der Waals surface area contributed by atoms with Crippen LogP contribution in [-0.4, -0.2) is 18.5 Å². The van der Waals surface area contributed by atoms with E-state index in [1.807, 2.05) is 0 Å². The van der Waals surface area contributed by atoms with Crippen LogP contribution in [0.4, 0.5) is 4.39 Å². The van der Waals surface area contributed by atoms with E-state index in [-0.39, 0.29) is 17.5 Å². The Morgan fingerprint density at radius 1 is 1.67 bits per heavy atom. The van der Waals surface area contributed by atoms with Gasteiger partial charge < -0.3 is 11.1 Å². The van der Waals surface area contributed by atoms with E-state index in [0.29, 0.717) is 11.0 Å². The van der Waals surface area contributed by atoms with Crippen LogP contribution in [0, 0.1) is 5.82 Å². The van der Waals surface area contributed by atoms with Crippen LogP contribution in [0.1, 0.15) is 17.3 Å². The number of nitrogens with two attached hydrogens (primary N) is 1. The second-order valence-electron chi connectivity index (χ2n) is 3.24. The first-order valence-corrected chi connectivity index (χ1v) is 5.30. The predicted molar refractivity (Wildman–Crippen MR) is 60.1 cm³/mol. The van der Waals surface area contributed by atoms with Crippen molar-refractivity contribution in [1.29, 1.82) is 0 Å². The number of hydrogen-bond donors (Lipinski definition) is 2. The van der Waals surface area contributed by atoms with E-state index >= 15 is 0 Å². The summed E-state index contributed by atoms with van der Waals surface area (Å²) in [6.45, 7) is 2.14. The molecule has 15 heavy (non-hydrogen) atoms. The summed E-state index contributed by atoms with van der Waals surface area (Å²) < 4.78 is 13.4. The molecule has 0 unspecified atom stereocenters. The lowest BCUT2D eigenvalue weighted by molar-refractivity contribution is 0.0941. The van der Waals surface area contributed by atoms with Gasteiger partial charge in [0.1, 0.15) is 5.82 Å². The molecule has 0 fully saturated rings. The maximum atomic E-state index is 13.1. The van der Waals surface area contributed by atoms with Crippen LogP contribution < -0.4 is 11.1 Å². The van der Waals surface area contributed by atoms with Crippen LogP contribution >= 0.6 is 15.9 Å². The minimum absolute atomic E-state index is 0.121. The number of carbonyl (C=O) groups is 1. The van der Waals surface area contributed by atoms with Crippen LogP contribution in [0.2, 0.25) is 0 Å².